The second kappa shape index (κ2) is 7.82. The summed E-state index contributed by atoms with van der Waals surface area (Å²) in [5.41, 5.74) is 5.88. The van der Waals surface area contributed by atoms with Crippen LogP contribution in [0.2, 0.25) is 10.0 Å². The van der Waals surface area contributed by atoms with E-state index in [0.717, 1.165) is 40.2 Å². The summed E-state index contributed by atoms with van der Waals surface area (Å²) >= 11 is 12.2. The van der Waals surface area contributed by atoms with Crippen LogP contribution in [0.5, 0.6) is 0 Å². The van der Waals surface area contributed by atoms with Crippen molar-refractivity contribution in [1.82, 2.24) is 0 Å². The highest BCUT2D eigenvalue weighted by atomic mass is 35.5. The normalized spacial score (nSPS) is 20.5. The topological polar surface area (TPSA) is 41.1 Å². The fourth-order valence-electron chi connectivity index (χ4n) is 4.37. The van der Waals surface area contributed by atoms with Crippen molar-refractivity contribution in [2.45, 2.75) is 24.8 Å². The highest BCUT2D eigenvalue weighted by molar-refractivity contribution is 6.30. The minimum Gasteiger partial charge on any atom is -0.372 e. The van der Waals surface area contributed by atoms with Crippen molar-refractivity contribution in [2.24, 2.45) is 0 Å². The fourth-order valence-corrected chi connectivity index (χ4v) is 4.62. The summed E-state index contributed by atoms with van der Waals surface area (Å²) in [6.45, 7) is 0. The minimum atomic E-state index is -0.230. The maximum absolute atomic E-state index is 13.4. The second-order valence-electron chi connectivity index (χ2n) is 7.77. The number of nitrogens with one attached hydrogen (secondary N) is 2. The Labute approximate surface area is 185 Å². The third-order valence-corrected chi connectivity index (χ3v) is 6.36. The van der Waals surface area contributed by atoms with E-state index in [1.165, 1.54) is 0 Å². The molecule has 0 saturated heterocycles. The van der Waals surface area contributed by atoms with Crippen molar-refractivity contribution in [2.75, 3.05) is 10.6 Å². The molecule has 3 aromatic carbocycles. The Bertz CT molecular complexity index is 1140. The van der Waals surface area contributed by atoms with Gasteiger partial charge >= 0.3 is 0 Å². The molecule has 0 aromatic heterocycles. The number of benzene rings is 3. The Morgan fingerprint density at radius 2 is 1.33 bits per heavy atom. The molecule has 0 radical (unpaired) electrons. The van der Waals surface area contributed by atoms with Gasteiger partial charge in [-0.15, -0.1) is 0 Å². The zero-order chi connectivity index (χ0) is 20.7. The average Bonchev–Trinajstić information content (AvgIpc) is 2.91. The van der Waals surface area contributed by atoms with Crippen LogP contribution >= 0.6 is 23.2 Å². The number of anilines is 2. The van der Waals surface area contributed by atoms with Crippen molar-refractivity contribution in [3.05, 3.63) is 105 Å². The van der Waals surface area contributed by atoms with Gasteiger partial charge in [-0.1, -0.05) is 59.6 Å². The molecule has 2 unspecified atom stereocenters. The molecule has 3 aromatic rings. The predicted octanol–water partition coefficient (Wildman–Crippen LogP) is 6.97. The highest BCUT2D eigenvalue weighted by Crippen LogP contribution is 2.44. The third-order valence-electron chi connectivity index (χ3n) is 5.85. The highest BCUT2D eigenvalue weighted by Gasteiger charge is 2.35. The molecule has 0 bridgehead atoms. The Balaban J connectivity index is 1.60. The van der Waals surface area contributed by atoms with Gasteiger partial charge < -0.3 is 10.6 Å². The van der Waals surface area contributed by atoms with E-state index in [1.807, 2.05) is 72.8 Å². The van der Waals surface area contributed by atoms with Crippen LogP contribution in [0.25, 0.3) is 0 Å². The molecule has 5 heteroatoms. The van der Waals surface area contributed by atoms with Crippen molar-refractivity contribution < 1.29 is 4.79 Å². The quantitative estimate of drug-likeness (QED) is 0.457. The lowest BCUT2D eigenvalue weighted by atomic mass is 9.78. The Kier molecular flexibility index (Phi) is 5.01. The third kappa shape index (κ3) is 3.60. The zero-order valence-corrected chi connectivity index (χ0v) is 17.7. The second-order valence-corrected chi connectivity index (χ2v) is 8.64. The van der Waals surface area contributed by atoms with Crippen LogP contribution in [-0.4, -0.2) is 5.78 Å². The standard InChI is InChI=1S/C25H20Cl2N2O/c26-18-9-5-15(6-10-18)17-13-22-24(23(30)14-17)25(16-7-11-19(27)12-8-16)29-21-4-2-1-3-20(21)28-22/h1-12,17,25,28-29H,13-14H2. The largest absolute Gasteiger partial charge is 0.372 e. The summed E-state index contributed by atoms with van der Waals surface area (Å²) in [5, 5.41) is 8.53. The summed E-state index contributed by atoms with van der Waals surface area (Å²) in [4.78, 5) is 13.4. The molecule has 0 spiro atoms. The van der Waals surface area contributed by atoms with Gasteiger partial charge in [-0.25, -0.2) is 0 Å². The van der Waals surface area contributed by atoms with Crippen LogP contribution in [0.3, 0.4) is 0 Å². The minimum absolute atomic E-state index is 0.122. The lowest BCUT2D eigenvalue weighted by Gasteiger charge is -2.30. The molecule has 2 aliphatic rings. The molecule has 2 N–H and O–H groups in total. The van der Waals surface area contributed by atoms with Gasteiger partial charge in [0, 0.05) is 27.7 Å². The number of halogens is 2. The molecular formula is C25H20Cl2N2O. The van der Waals surface area contributed by atoms with E-state index < -0.39 is 0 Å². The van der Waals surface area contributed by atoms with E-state index in [9.17, 15) is 4.79 Å². The smallest absolute Gasteiger partial charge is 0.163 e. The lowest BCUT2D eigenvalue weighted by Crippen LogP contribution is -2.26. The number of rotatable bonds is 2. The first kappa shape index (κ1) is 19.2. The number of carbonyl (C=O) groups is 1. The molecule has 0 fully saturated rings. The van der Waals surface area contributed by atoms with Crippen LogP contribution < -0.4 is 10.6 Å². The van der Waals surface area contributed by atoms with E-state index in [2.05, 4.69) is 10.6 Å². The van der Waals surface area contributed by atoms with Gasteiger partial charge in [-0.2, -0.15) is 0 Å². The van der Waals surface area contributed by atoms with Gasteiger partial charge in [0.2, 0.25) is 0 Å². The number of allylic oxidation sites excluding steroid dienone is 1. The van der Waals surface area contributed by atoms with E-state index in [-0.39, 0.29) is 17.7 Å². The summed E-state index contributed by atoms with van der Waals surface area (Å²) in [6.07, 6.45) is 1.24. The van der Waals surface area contributed by atoms with Gasteiger partial charge in [0.05, 0.1) is 17.4 Å². The van der Waals surface area contributed by atoms with E-state index in [1.54, 1.807) is 0 Å². The van der Waals surface area contributed by atoms with Gasteiger partial charge in [0.15, 0.2) is 5.78 Å². The van der Waals surface area contributed by atoms with Crippen LogP contribution in [0.1, 0.15) is 35.9 Å². The molecule has 150 valence electrons. The first-order valence-corrected chi connectivity index (χ1v) is 10.7. The molecule has 3 nitrogen and oxygen atoms in total. The number of hydrogen-bond donors (Lipinski definition) is 2. The van der Waals surface area contributed by atoms with Gasteiger partial charge in [-0.05, 0) is 59.9 Å². The first-order valence-electron chi connectivity index (χ1n) is 9.98. The van der Waals surface area contributed by atoms with Crippen molar-refractivity contribution in [3.63, 3.8) is 0 Å². The van der Waals surface area contributed by atoms with Gasteiger partial charge in [0.25, 0.3) is 0 Å². The SMILES string of the molecule is O=C1CC(c2ccc(Cl)cc2)CC2=C1C(c1ccc(Cl)cc1)Nc1ccccc1N2. The first-order chi connectivity index (χ1) is 14.6. The number of fused-ring (bicyclic) bond motifs is 1. The number of carbonyl (C=O) groups excluding carboxylic acids is 1. The summed E-state index contributed by atoms with van der Waals surface area (Å²) in [5.74, 6) is 0.279. The van der Waals surface area contributed by atoms with E-state index in [0.29, 0.717) is 16.5 Å². The number of ketones is 1. The number of para-hydroxylation sites is 2. The summed E-state index contributed by atoms with van der Waals surface area (Å²) in [7, 11) is 0. The molecule has 0 amide bonds. The predicted molar refractivity (Wildman–Crippen MR) is 123 cm³/mol. The Morgan fingerprint density at radius 1 is 0.733 bits per heavy atom. The molecule has 2 atom stereocenters. The molecular weight excluding hydrogens is 415 g/mol. The lowest BCUT2D eigenvalue weighted by molar-refractivity contribution is -0.116. The average molecular weight is 435 g/mol. The molecule has 1 heterocycles. The summed E-state index contributed by atoms with van der Waals surface area (Å²) in [6, 6.07) is 23.3. The van der Waals surface area contributed by atoms with Crippen LogP contribution in [-0.2, 0) is 4.79 Å². The van der Waals surface area contributed by atoms with E-state index in [4.69, 9.17) is 23.2 Å². The van der Waals surface area contributed by atoms with Crippen LogP contribution in [0, 0.1) is 0 Å². The van der Waals surface area contributed by atoms with Gasteiger partial charge in [-0.3, -0.25) is 4.79 Å². The Hall–Kier alpha value is -2.75. The molecule has 1 aliphatic carbocycles. The number of hydrogen-bond acceptors (Lipinski definition) is 3. The monoisotopic (exact) mass is 434 g/mol. The van der Waals surface area contributed by atoms with Crippen molar-refractivity contribution in [1.29, 1.82) is 0 Å². The van der Waals surface area contributed by atoms with Crippen LogP contribution in [0.4, 0.5) is 11.4 Å². The van der Waals surface area contributed by atoms with Crippen LogP contribution in [0.15, 0.2) is 84.1 Å². The van der Waals surface area contributed by atoms with Crippen molar-refractivity contribution in [3.8, 4) is 0 Å². The number of Topliss-reactive ketones (excluding diaryl/α,β-unsaturated/α-hetero) is 1. The zero-order valence-electron chi connectivity index (χ0n) is 16.2. The van der Waals surface area contributed by atoms with Gasteiger partial charge in [0.1, 0.15) is 0 Å². The summed E-state index contributed by atoms with van der Waals surface area (Å²) < 4.78 is 0. The maximum atomic E-state index is 13.4. The van der Waals surface area contributed by atoms with E-state index >= 15 is 0 Å². The fraction of sp³-hybridized carbons (Fsp3) is 0.160. The molecule has 30 heavy (non-hydrogen) atoms. The maximum Gasteiger partial charge on any atom is 0.163 e. The van der Waals surface area contributed by atoms with Crippen molar-refractivity contribution >= 4 is 40.4 Å². The molecule has 1 aliphatic heterocycles. The molecule has 5 rings (SSSR count). The Morgan fingerprint density at radius 3 is 2.00 bits per heavy atom. The molecule has 0 saturated carbocycles.